The van der Waals surface area contributed by atoms with Gasteiger partial charge in [0.05, 0.1) is 0 Å². The Morgan fingerprint density at radius 1 is 1.44 bits per heavy atom. The molecule has 1 aliphatic rings. The van der Waals surface area contributed by atoms with Crippen LogP contribution in [0.15, 0.2) is 0 Å². The van der Waals surface area contributed by atoms with E-state index in [1.807, 2.05) is 0 Å². The van der Waals surface area contributed by atoms with Crippen LogP contribution in [-0.4, -0.2) is 24.8 Å². The number of nitrogens with one attached hydrogen (secondary N) is 1. The molecule has 0 bridgehead atoms. The fourth-order valence-electron chi connectivity index (χ4n) is 1.85. The Morgan fingerprint density at radius 3 is 2.50 bits per heavy atom. The molecule has 94 valence electrons. The van der Waals surface area contributed by atoms with Gasteiger partial charge >= 0.3 is 5.97 Å². The van der Waals surface area contributed by atoms with Crippen molar-refractivity contribution in [3.63, 3.8) is 0 Å². The van der Waals surface area contributed by atoms with Crippen molar-refractivity contribution in [1.82, 2.24) is 5.09 Å². The van der Waals surface area contributed by atoms with Crippen LogP contribution in [0.3, 0.4) is 0 Å². The number of carbonyl (C=O) groups excluding carboxylic acids is 1. The van der Waals surface area contributed by atoms with Crippen LogP contribution < -0.4 is 5.09 Å². The van der Waals surface area contributed by atoms with Gasteiger partial charge in [-0.1, -0.05) is 6.42 Å². The molecule has 0 aliphatic heterocycles. The van der Waals surface area contributed by atoms with Crippen LogP contribution in [0.1, 0.15) is 39.0 Å². The van der Waals surface area contributed by atoms with Gasteiger partial charge in [-0.2, -0.15) is 0 Å². The maximum Gasteiger partial charge on any atom is 0.323 e. The number of carbonyl (C=O) groups is 1. The normalized spacial score (nSPS) is 23.4. The molecule has 1 unspecified atom stereocenters. The molecule has 1 fully saturated rings. The van der Waals surface area contributed by atoms with Crippen molar-refractivity contribution in [1.29, 1.82) is 0 Å². The molecular weight excluding hydrogens is 249 g/mol. The van der Waals surface area contributed by atoms with Gasteiger partial charge in [0.2, 0.25) is 6.65 Å². The predicted octanol–water partition coefficient (Wildman–Crippen LogP) is 2.90. The molecule has 0 amide bonds. The van der Waals surface area contributed by atoms with E-state index in [-0.39, 0.29) is 12.1 Å². The topological polar surface area (TPSA) is 55.4 Å². The van der Waals surface area contributed by atoms with E-state index >= 15 is 0 Å². The molecular formula is C10H19ClNO3P. The number of hydrogen-bond donors (Lipinski definition) is 1. The van der Waals surface area contributed by atoms with Crippen molar-refractivity contribution in [3.8, 4) is 0 Å². The van der Waals surface area contributed by atoms with Gasteiger partial charge < -0.3 is 4.74 Å². The molecule has 6 heteroatoms. The minimum atomic E-state index is -2.91. The van der Waals surface area contributed by atoms with Gasteiger partial charge in [-0.3, -0.25) is 9.36 Å². The summed E-state index contributed by atoms with van der Waals surface area (Å²) >= 11 is 5.55. The van der Waals surface area contributed by atoms with Crippen LogP contribution in [0.4, 0.5) is 0 Å². The Labute approximate surface area is 101 Å². The summed E-state index contributed by atoms with van der Waals surface area (Å²) in [6, 6.07) is -0.616. The second-order valence-corrected chi connectivity index (χ2v) is 8.20. The molecule has 4 nitrogen and oxygen atoms in total. The minimum Gasteiger partial charge on any atom is -0.461 e. The Balaban J connectivity index is 2.36. The fraction of sp³-hybridized carbons (Fsp3) is 0.900. The van der Waals surface area contributed by atoms with E-state index in [1.54, 1.807) is 6.92 Å². The lowest BCUT2D eigenvalue weighted by Gasteiger charge is -2.24. The summed E-state index contributed by atoms with van der Waals surface area (Å²) < 4.78 is 16.6. The van der Waals surface area contributed by atoms with Crippen LogP contribution in [0.5, 0.6) is 0 Å². The van der Waals surface area contributed by atoms with E-state index < -0.39 is 12.7 Å². The van der Waals surface area contributed by atoms with Crippen molar-refractivity contribution in [2.24, 2.45) is 0 Å². The SMILES string of the molecule is C[C@H](NP(C)(=O)Cl)C(=O)OC1CCCCC1. The number of esters is 1. The average Bonchev–Trinajstić information content (AvgIpc) is 2.16. The number of halogens is 1. The Morgan fingerprint density at radius 2 is 2.00 bits per heavy atom. The largest absolute Gasteiger partial charge is 0.461 e. The van der Waals surface area contributed by atoms with Crippen LogP contribution >= 0.6 is 17.9 Å². The lowest BCUT2D eigenvalue weighted by molar-refractivity contribution is -0.152. The summed E-state index contributed by atoms with van der Waals surface area (Å²) in [4.78, 5) is 11.6. The molecule has 2 atom stereocenters. The highest BCUT2D eigenvalue weighted by Crippen LogP contribution is 2.42. The quantitative estimate of drug-likeness (QED) is 0.629. The average molecular weight is 268 g/mol. The highest BCUT2D eigenvalue weighted by Gasteiger charge is 2.24. The summed E-state index contributed by atoms with van der Waals surface area (Å²) in [6.07, 6.45) is 5.33. The van der Waals surface area contributed by atoms with Crippen molar-refractivity contribution in [3.05, 3.63) is 0 Å². The molecule has 0 aromatic heterocycles. The monoisotopic (exact) mass is 267 g/mol. The summed E-state index contributed by atoms with van der Waals surface area (Å²) in [5.74, 6) is -0.366. The smallest absolute Gasteiger partial charge is 0.323 e. The first-order valence-corrected chi connectivity index (χ1v) is 8.70. The third-order valence-electron chi connectivity index (χ3n) is 2.61. The Bertz CT molecular complexity index is 286. The zero-order chi connectivity index (χ0) is 12.2. The molecule has 16 heavy (non-hydrogen) atoms. The summed E-state index contributed by atoms with van der Waals surface area (Å²) in [6.45, 7) is 0.0811. The molecule has 0 saturated heterocycles. The van der Waals surface area contributed by atoms with Crippen LogP contribution in [0.2, 0.25) is 0 Å². The highest BCUT2D eigenvalue weighted by atomic mass is 35.7. The zero-order valence-electron chi connectivity index (χ0n) is 9.74. The Kier molecular flexibility index (Phi) is 5.29. The summed E-state index contributed by atoms with van der Waals surface area (Å²) in [5, 5.41) is 2.55. The maximum absolute atomic E-state index is 11.6. The molecule has 0 aromatic rings. The van der Waals surface area contributed by atoms with Gasteiger partial charge in [0.25, 0.3) is 0 Å². The highest BCUT2D eigenvalue weighted by molar-refractivity contribution is 7.87. The molecule has 1 saturated carbocycles. The fourth-order valence-corrected chi connectivity index (χ4v) is 3.08. The number of rotatable bonds is 4. The molecule has 0 aromatic carbocycles. The van der Waals surface area contributed by atoms with Gasteiger partial charge in [0.15, 0.2) is 0 Å². The third-order valence-corrected chi connectivity index (χ3v) is 3.75. The first-order valence-electron chi connectivity index (χ1n) is 5.64. The van der Waals surface area contributed by atoms with E-state index in [0.717, 1.165) is 25.7 Å². The Hall–Kier alpha value is -0.0500. The molecule has 1 N–H and O–H groups in total. The van der Waals surface area contributed by atoms with Crippen LogP contribution in [0, 0.1) is 0 Å². The summed E-state index contributed by atoms with van der Waals surface area (Å²) in [7, 11) is 0. The first kappa shape index (κ1) is 14.0. The molecule has 0 radical (unpaired) electrons. The lowest BCUT2D eigenvalue weighted by atomic mass is 9.98. The van der Waals surface area contributed by atoms with Crippen LogP contribution in [-0.2, 0) is 14.1 Å². The van der Waals surface area contributed by atoms with Gasteiger partial charge in [-0.25, -0.2) is 5.09 Å². The standard InChI is InChI=1S/C10H19ClNO3P/c1-8(12-16(2,11)14)10(13)15-9-6-4-3-5-7-9/h8-9H,3-7H2,1-2H3,(H,12,14)/t8-,16?/m0/s1. The minimum absolute atomic E-state index is 0.0251. The van der Waals surface area contributed by atoms with Gasteiger partial charge in [0, 0.05) is 6.66 Å². The predicted molar refractivity (Wildman–Crippen MR) is 64.9 cm³/mol. The van der Waals surface area contributed by atoms with E-state index in [9.17, 15) is 9.36 Å². The maximum atomic E-state index is 11.6. The van der Waals surface area contributed by atoms with E-state index in [0.29, 0.717) is 0 Å². The van der Waals surface area contributed by atoms with Crippen LogP contribution in [0.25, 0.3) is 0 Å². The second kappa shape index (κ2) is 6.04. The number of ether oxygens (including phenoxy) is 1. The van der Waals surface area contributed by atoms with E-state index in [2.05, 4.69) is 5.09 Å². The second-order valence-electron chi connectivity index (χ2n) is 4.37. The van der Waals surface area contributed by atoms with E-state index in [4.69, 9.17) is 16.0 Å². The zero-order valence-corrected chi connectivity index (χ0v) is 11.4. The molecule has 1 aliphatic carbocycles. The molecule has 1 rings (SSSR count). The van der Waals surface area contributed by atoms with Gasteiger partial charge in [-0.15, -0.1) is 0 Å². The van der Waals surface area contributed by atoms with Crippen molar-refractivity contribution in [2.75, 3.05) is 6.66 Å². The molecule has 0 heterocycles. The van der Waals surface area contributed by atoms with Gasteiger partial charge in [-0.05, 0) is 43.8 Å². The summed E-state index contributed by atoms with van der Waals surface area (Å²) in [5.41, 5.74) is 0. The van der Waals surface area contributed by atoms with Crippen molar-refractivity contribution in [2.45, 2.75) is 51.2 Å². The lowest BCUT2D eigenvalue weighted by Crippen LogP contribution is -2.35. The number of hydrogen-bond acceptors (Lipinski definition) is 3. The van der Waals surface area contributed by atoms with Crippen molar-refractivity contribution >= 4 is 23.9 Å². The van der Waals surface area contributed by atoms with E-state index in [1.165, 1.54) is 13.1 Å². The van der Waals surface area contributed by atoms with Gasteiger partial charge in [0.1, 0.15) is 12.1 Å². The molecule has 0 spiro atoms. The van der Waals surface area contributed by atoms with Crippen molar-refractivity contribution < 1.29 is 14.1 Å². The third kappa shape index (κ3) is 5.33. The first-order chi connectivity index (χ1) is 7.38.